The Kier molecular flexibility index (Phi) is 7.14. The number of nitrogens with one attached hydrogen (secondary N) is 2. The minimum absolute atomic E-state index is 0.138. The van der Waals surface area contributed by atoms with Gasteiger partial charge in [0.15, 0.2) is 0 Å². The lowest BCUT2D eigenvalue weighted by Gasteiger charge is -2.31. The summed E-state index contributed by atoms with van der Waals surface area (Å²) in [7, 11) is 0. The van der Waals surface area contributed by atoms with Crippen molar-refractivity contribution in [2.75, 3.05) is 29.9 Å². The molecule has 1 aliphatic rings. The van der Waals surface area contributed by atoms with Crippen LogP contribution in [0.4, 0.5) is 15.6 Å². The molecule has 4 rings (SSSR count). The lowest BCUT2D eigenvalue weighted by molar-refractivity contribution is 0.248. The van der Waals surface area contributed by atoms with Gasteiger partial charge in [0.05, 0.1) is 0 Å². The highest BCUT2D eigenvalue weighted by molar-refractivity contribution is 7.09. The van der Waals surface area contributed by atoms with Crippen molar-refractivity contribution in [2.24, 2.45) is 5.92 Å². The maximum atomic E-state index is 12.2. The molecule has 0 aliphatic carbocycles. The quantitative estimate of drug-likeness (QED) is 0.563. The molecule has 0 atom stereocenters. The summed E-state index contributed by atoms with van der Waals surface area (Å²) >= 11 is 1.48. The van der Waals surface area contributed by atoms with E-state index in [-0.39, 0.29) is 6.03 Å². The van der Waals surface area contributed by atoms with Crippen molar-refractivity contribution in [1.82, 2.24) is 14.7 Å². The second-order valence-corrected chi connectivity index (χ2v) is 8.70. The number of carbonyl (C=O) groups excluding carboxylic acids is 1. The Morgan fingerprint density at radius 2 is 1.81 bits per heavy atom. The van der Waals surface area contributed by atoms with Crippen LogP contribution in [-0.2, 0) is 12.8 Å². The van der Waals surface area contributed by atoms with E-state index in [2.05, 4.69) is 39.0 Å². The zero-order chi connectivity index (χ0) is 21.5. The summed E-state index contributed by atoms with van der Waals surface area (Å²) in [4.78, 5) is 19.3. The highest BCUT2D eigenvalue weighted by Crippen LogP contribution is 2.25. The number of benzene rings is 2. The SMILES string of the molecule is CCc1ccc(NC(=O)NCC2CCN(c3nc(Cc4ccccc4)ns3)CC2)cc1. The molecule has 1 aliphatic heterocycles. The number of hydrogen-bond donors (Lipinski definition) is 2. The van der Waals surface area contributed by atoms with Gasteiger partial charge in [-0.3, -0.25) is 0 Å². The van der Waals surface area contributed by atoms with E-state index < -0.39 is 0 Å². The first-order valence-electron chi connectivity index (χ1n) is 10.9. The third-order valence-electron chi connectivity index (χ3n) is 5.72. The molecule has 7 heteroatoms. The van der Waals surface area contributed by atoms with Gasteiger partial charge < -0.3 is 15.5 Å². The first kappa shape index (κ1) is 21.3. The molecule has 2 aromatic carbocycles. The minimum atomic E-state index is -0.138. The fourth-order valence-electron chi connectivity index (χ4n) is 3.79. The smallest absolute Gasteiger partial charge is 0.319 e. The molecular weight excluding hydrogens is 406 g/mol. The molecule has 0 saturated carbocycles. The lowest BCUT2D eigenvalue weighted by atomic mass is 9.97. The van der Waals surface area contributed by atoms with Gasteiger partial charge in [0, 0.05) is 43.3 Å². The average molecular weight is 436 g/mol. The predicted molar refractivity (Wildman–Crippen MR) is 127 cm³/mol. The summed E-state index contributed by atoms with van der Waals surface area (Å²) in [6.45, 7) is 4.72. The van der Waals surface area contributed by atoms with Crippen LogP contribution in [0.2, 0.25) is 0 Å². The Bertz CT molecular complexity index is 965. The van der Waals surface area contributed by atoms with Gasteiger partial charge in [0.1, 0.15) is 5.82 Å². The Labute approximate surface area is 187 Å². The summed E-state index contributed by atoms with van der Waals surface area (Å²) in [6.07, 6.45) is 3.85. The maximum Gasteiger partial charge on any atom is 0.319 e. The van der Waals surface area contributed by atoms with Gasteiger partial charge in [0.2, 0.25) is 5.13 Å². The van der Waals surface area contributed by atoms with Crippen LogP contribution in [0.3, 0.4) is 0 Å². The number of carbonyl (C=O) groups is 1. The molecule has 0 bridgehead atoms. The second kappa shape index (κ2) is 10.4. The summed E-state index contributed by atoms with van der Waals surface area (Å²) < 4.78 is 4.54. The van der Waals surface area contributed by atoms with Crippen molar-refractivity contribution < 1.29 is 4.79 Å². The standard InChI is InChI=1S/C24H29N5OS/c1-2-18-8-10-21(11-9-18)26-23(30)25-17-20-12-14-29(15-13-20)24-27-22(28-31-24)16-19-6-4-3-5-7-19/h3-11,20H,2,12-17H2,1H3,(H2,25,26,30). The molecule has 1 fully saturated rings. The molecule has 6 nitrogen and oxygen atoms in total. The van der Waals surface area contributed by atoms with Crippen LogP contribution in [0, 0.1) is 5.92 Å². The average Bonchev–Trinajstić information content (AvgIpc) is 3.28. The minimum Gasteiger partial charge on any atom is -0.347 e. The van der Waals surface area contributed by atoms with E-state index in [9.17, 15) is 4.79 Å². The van der Waals surface area contributed by atoms with Crippen LogP contribution in [0.5, 0.6) is 0 Å². The summed E-state index contributed by atoms with van der Waals surface area (Å²) in [5, 5.41) is 6.94. The fourth-order valence-corrected chi connectivity index (χ4v) is 4.52. The second-order valence-electron chi connectivity index (χ2n) is 7.97. The summed E-state index contributed by atoms with van der Waals surface area (Å²) in [5.41, 5.74) is 3.32. The van der Waals surface area contributed by atoms with Gasteiger partial charge in [-0.1, -0.05) is 49.4 Å². The molecule has 1 aromatic heterocycles. The predicted octanol–water partition coefficient (Wildman–Crippen LogP) is 4.73. The summed E-state index contributed by atoms with van der Waals surface area (Å²) in [5.74, 6) is 1.37. The van der Waals surface area contributed by atoms with Crippen molar-refractivity contribution in [3.8, 4) is 0 Å². The molecule has 2 amide bonds. The number of hydrogen-bond acceptors (Lipinski definition) is 5. The molecule has 0 unspecified atom stereocenters. The molecular formula is C24H29N5OS. The monoisotopic (exact) mass is 435 g/mol. The number of rotatable bonds is 7. The lowest BCUT2D eigenvalue weighted by Crippen LogP contribution is -2.39. The Balaban J connectivity index is 1.19. The molecule has 0 radical (unpaired) electrons. The third kappa shape index (κ3) is 6.04. The number of anilines is 2. The zero-order valence-electron chi connectivity index (χ0n) is 17.9. The Hall–Kier alpha value is -2.93. The van der Waals surface area contributed by atoms with Crippen LogP contribution < -0.4 is 15.5 Å². The van der Waals surface area contributed by atoms with Crippen molar-refractivity contribution in [1.29, 1.82) is 0 Å². The Morgan fingerprint density at radius 1 is 1.06 bits per heavy atom. The molecule has 2 heterocycles. The highest BCUT2D eigenvalue weighted by atomic mass is 32.1. The van der Waals surface area contributed by atoms with Crippen LogP contribution in [0.15, 0.2) is 54.6 Å². The van der Waals surface area contributed by atoms with Gasteiger partial charge in [-0.15, -0.1) is 0 Å². The van der Waals surface area contributed by atoms with Gasteiger partial charge in [-0.2, -0.15) is 4.37 Å². The molecule has 1 saturated heterocycles. The first-order valence-corrected chi connectivity index (χ1v) is 11.7. The Morgan fingerprint density at radius 3 is 2.52 bits per heavy atom. The number of piperidine rings is 1. The van der Waals surface area contributed by atoms with Crippen LogP contribution in [-0.4, -0.2) is 35.0 Å². The van der Waals surface area contributed by atoms with Crippen LogP contribution in [0.25, 0.3) is 0 Å². The van der Waals surface area contributed by atoms with E-state index in [4.69, 9.17) is 4.98 Å². The molecule has 2 N–H and O–H groups in total. The molecule has 31 heavy (non-hydrogen) atoms. The fraction of sp³-hybridized carbons (Fsp3) is 0.375. The van der Waals surface area contributed by atoms with E-state index in [1.54, 1.807) is 0 Å². The first-order chi connectivity index (χ1) is 15.2. The van der Waals surface area contributed by atoms with Gasteiger partial charge >= 0.3 is 6.03 Å². The topological polar surface area (TPSA) is 70.2 Å². The van der Waals surface area contributed by atoms with Crippen molar-refractivity contribution in [3.63, 3.8) is 0 Å². The molecule has 162 valence electrons. The van der Waals surface area contributed by atoms with E-state index >= 15 is 0 Å². The molecule has 0 spiro atoms. The summed E-state index contributed by atoms with van der Waals surface area (Å²) in [6, 6.07) is 18.2. The van der Waals surface area contributed by atoms with Gasteiger partial charge in [0.25, 0.3) is 0 Å². The number of aromatic nitrogens is 2. The zero-order valence-corrected chi connectivity index (χ0v) is 18.7. The van der Waals surface area contributed by atoms with Crippen molar-refractivity contribution >= 4 is 28.4 Å². The number of amides is 2. The maximum absolute atomic E-state index is 12.2. The highest BCUT2D eigenvalue weighted by Gasteiger charge is 2.22. The van der Waals surface area contributed by atoms with E-state index in [0.717, 1.165) is 55.4 Å². The van der Waals surface area contributed by atoms with Crippen LogP contribution >= 0.6 is 11.5 Å². The van der Waals surface area contributed by atoms with E-state index in [1.807, 2.05) is 42.5 Å². The van der Waals surface area contributed by atoms with Crippen molar-refractivity contribution in [3.05, 3.63) is 71.5 Å². The normalized spacial score (nSPS) is 14.4. The van der Waals surface area contributed by atoms with Crippen molar-refractivity contribution in [2.45, 2.75) is 32.6 Å². The van der Waals surface area contributed by atoms with Gasteiger partial charge in [-0.05, 0) is 48.4 Å². The third-order valence-corrected chi connectivity index (χ3v) is 6.53. The number of urea groups is 1. The van der Waals surface area contributed by atoms with E-state index in [1.165, 1.54) is 22.7 Å². The largest absolute Gasteiger partial charge is 0.347 e. The number of nitrogens with zero attached hydrogens (tertiary/aromatic N) is 3. The van der Waals surface area contributed by atoms with Crippen LogP contribution in [0.1, 0.15) is 36.7 Å². The number of aryl methyl sites for hydroxylation is 1. The van der Waals surface area contributed by atoms with Gasteiger partial charge in [-0.25, -0.2) is 9.78 Å². The van der Waals surface area contributed by atoms with E-state index in [0.29, 0.717) is 12.5 Å². The molecule has 3 aromatic rings.